The van der Waals surface area contributed by atoms with E-state index in [-0.39, 0.29) is 5.76 Å². The summed E-state index contributed by atoms with van der Waals surface area (Å²) in [6.45, 7) is 2.02. The van der Waals surface area contributed by atoms with Gasteiger partial charge in [0.1, 0.15) is 11.2 Å². The number of ether oxygens (including phenoxy) is 1. The van der Waals surface area contributed by atoms with Crippen molar-refractivity contribution in [1.82, 2.24) is 4.90 Å². The Morgan fingerprint density at radius 3 is 2.61 bits per heavy atom. The number of benzene rings is 2. The van der Waals surface area contributed by atoms with Crippen LogP contribution in [0.2, 0.25) is 0 Å². The predicted octanol–water partition coefficient (Wildman–Crippen LogP) is 3.93. The molecule has 4 rings (SSSR count). The van der Waals surface area contributed by atoms with Crippen molar-refractivity contribution < 1.29 is 18.7 Å². The summed E-state index contributed by atoms with van der Waals surface area (Å²) in [4.78, 5) is 24.7. The lowest BCUT2D eigenvalue weighted by molar-refractivity contribution is -0.123. The molecule has 2 aromatic carbocycles. The molecule has 3 aromatic rings. The zero-order valence-corrected chi connectivity index (χ0v) is 12.4. The maximum Gasteiger partial charge on any atom is 0.422 e. The molecule has 1 aliphatic heterocycles. The van der Waals surface area contributed by atoms with Crippen LogP contribution in [0.25, 0.3) is 28.0 Å². The summed E-state index contributed by atoms with van der Waals surface area (Å²) in [5, 5.41) is 1.96. The van der Waals surface area contributed by atoms with E-state index >= 15 is 0 Å². The molecule has 1 fully saturated rings. The number of hydrogen-bond acceptors (Lipinski definition) is 4. The topological polar surface area (TPSA) is 59.8 Å². The number of imide groups is 1. The summed E-state index contributed by atoms with van der Waals surface area (Å²) >= 11 is 0. The molecule has 0 spiro atoms. The molecule has 1 saturated heterocycles. The first-order chi connectivity index (χ1) is 11.2. The van der Waals surface area contributed by atoms with Crippen LogP contribution in [0.1, 0.15) is 12.5 Å². The lowest BCUT2D eigenvalue weighted by Gasteiger charge is -2.03. The van der Waals surface area contributed by atoms with Gasteiger partial charge in [-0.2, -0.15) is 0 Å². The highest BCUT2D eigenvalue weighted by molar-refractivity contribution is 6.10. The van der Waals surface area contributed by atoms with Gasteiger partial charge in [-0.25, -0.2) is 9.69 Å². The van der Waals surface area contributed by atoms with Gasteiger partial charge in [0.2, 0.25) is 0 Å². The minimum Gasteiger partial charge on any atom is -0.456 e. The van der Waals surface area contributed by atoms with E-state index in [1.807, 2.05) is 42.5 Å². The Labute approximate surface area is 131 Å². The summed E-state index contributed by atoms with van der Waals surface area (Å²) in [5.74, 6) is -0.362. The molecule has 0 unspecified atom stereocenters. The number of cyclic esters (lactones) is 1. The molecule has 0 atom stereocenters. The molecule has 5 heteroatoms. The monoisotopic (exact) mass is 307 g/mol. The standard InChI is InChI=1S/C18H13NO4/c1-2-19-17(20)16(23-18(19)21)10-11-7-8-15-13(9-11)12-5-3-4-6-14(12)22-15/h3-10H,2H2,1H3. The second kappa shape index (κ2) is 4.98. The Morgan fingerprint density at radius 1 is 1.04 bits per heavy atom. The zero-order valence-electron chi connectivity index (χ0n) is 12.4. The fourth-order valence-electron chi connectivity index (χ4n) is 2.76. The molecule has 1 aromatic heterocycles. The van der Waals surface area contributed by atoms with E-state index in [0.717, 1.165) is 32.4 Å². The first-order valence-corrected chi connectivity index (χ1v) is 7.34. The van der Waals surface area contributed by atoms with Gasteiger partial charge in [-0.05, 0) is 36.8 Å². The Bertz CT molecular complexity index is 983. The van der Waals surface area contributed by atoms with Gasteiger partial charge < -0.3 is 9.15 Å². The molecular weight excluding hydrogens is 294 g/mol. The quantitative estimate of drug-likeness (QED) is 0.673. The third kappa shape index (κ3) is 2.09. The number of rotatable bonds is 2. The normalized spacial score (nSPS) is 16.7. The molecule has 0 radical (unpaired) electrons. The van der Waals surface area contributed by atoms with Crippen LogP contribution < -0.4 is 0 Å². The number of carbonyl (C=O) groups excluding carboxylic acids is 2. The van der Waals surface area contributed by atoms with Gasteiger partial charge in [0.25, 0.3) is 5.91 Å². The van der Waals surface area contributed by atoms with Crippen LogP contribution in [0.15, 0.2) is 52.6 Å². The van der Waals surface area contributed by atoms with E-state index in [9.17, 15) is 9.59 Å². The van der Waals surface area contributed by atoms with E-state index in [1.165, 1.54) is 0 Å². The Kier molecular flexibility index (Phi) is 2.94. The van der Waals surface area contributed by atoms with Crippen molar-refractivity contribution in [2.24, 2.45) is 0 Å². The van der Waals surface area contributed by atoms with Crippen molar-refractivity contribution in [3.05, 3.63) is 53.8 Å². The van der Waals surface area contributed by atoms with Crippen LogP contribution in [0, 0.1) is 0 Å². The van der Waals surface area contributed by atoms with E-state index < -0.39 is 12.0 Å². The Balaban J connectivity index is 1.81. The third-order valence-electron chi connectivity index (χ3n) is 3.89. The van der Waals surface area contributed by atoms with Crippen LogP contribution in [0.4, 0.5) is 4.79 Å². The average Bonchev–Trinajstić information content (AvgIpc) is 3.05. The molecule has 114 valence electrons. The number of likely N-dealkylation sites (N-methyl/N-ethyl adjacent to an activating group) is 1. The maximum absolute atomic E-state index is 12.1. The Morgan fingerprint density at radius 2 is 1.83 bits per heavy atom. The van der Waals surface area contributed by atoms with Gasteiger partial charge in [-0.15, -0.1) is 0 Å². The lowest BCUT2D eigenvalue weighted by atomic mass is 10.1. The zero-order chi connectivity index (χ0) is 16.0. The van der Waals surface area contributed by atoms with Crippen molar-refractivity contribution in [1.29, 1.82) is 0 Å². The van der Waals surface area contributed by atoms with Gasteiger partial charge in [-0.1, -0.05) is 24.3 Å². The second-order valence-corrected chi connectivity index (χ2v) is 5.28. The van der Waals surface area contributed by atoms with E-state index in [1.54, 1.807) is 13.0 Å². The molecule has 2 heterocycles. The molecule has 5 nitrogen and oxygen atoms in total. The fourth-order valence-corrected chi connectivity index (χ4v) is 2.76. The molecule has 2 amide bonds. The van der Waals surface area contributed by atoms with Gasteiger partial charge in [-0.3, -0.25) is 4.79 Å². The van der Waals surface area contributed by atoms with Crippen LogP contribution in [-0.4, -0.2) is 23.4 Å². The first kappa shape index (κ1) is 13.6. The maximum atomic E-state index is 12.1. The van der Waals surface area contributed by atoms with Gasteiger partial charge >= 0.3 is 6.09 Å². The van der Waals surface area contributed by atoms with Gasteiger partial charge in [0, 0.05) is 17.3 Å². The molecule has 1 aliphatic rings. The number of furan rings is 1. The molecule has 23 heavy (non-hydrogen) atoms. The van der Waals surface area contributed by atoms with Crippen molar-refractivity contribution in [2.75, 3.05) is 6.54 Å². The van der Waals surface area contributed by atoms with Crippen LogP contribution >= 0.6 is 0 Å². The first-order valence-electron chi connectivity index (χ1n) is 7.34. The minimum atomic E-state index is -0.626. The van der Waals surface area contributed by atoms with Crippen molar-refractivity contribution >= 4 is 40.0 Å². The summed E-state index contributed by atoms with van der Waals surface area (Å²) in [7, 11) is 0. The summed E-state index contributed by atoms with van der Waals surface area (Å²) in [6, 6.07) is 13.4. The van der Waals surface area contributed by atoms with Crippen LogP contribution in [0.5, 0.6) is 0 Å². The largest absolute Gasteiger partial charge is 0.456 e. The van der Waals surface area contributed by atoms with E-state index in [2.05, 4.69) is 0 Å². The van der Waals surface area contributed by atoms with Crippen molar-refractivity contribution in [3.8, 4) is 0 Å². The highest BCUT2D eigenvalue weighted by Crippen LogP contribution is 2.30. The summed E-state index contributed by atoms with van der Waals surface area (Å²) in [6.07, 6.45) is 0.954. The summed E-state index contributed by atoms with van der Waals surface area (Å²) in [5.41, 5.74) is 2.37. The molecule has 0 N–H and O–H groups in total. The highest BCUT2D eigenvalue weighted by Gasteiger charge is 2.35. The van der Waals surface area contributed by atoms with Gasteiger partial charge in [0.15, 0.2) is 5.76 Å². The molecular formula is C18H13NO4. The molecule has 0 aliphatic carbocycles. The SMILES string of the molecule is CCN1C(=O)OC(=Cc2ccc3oc4ccccc4c3c2)C1=O. The van der Waals surface area contributed by atoms with Gasteiger partial charge in [0.05, 0.1) is 0 Å². The average molecular weight is 307 g/mol. The van der Waals surface area contributed by atoms with Crippen molar-refractivity contribution in [3.63, 3.8) is 0 Å². The number of hydrogen-bond donors (Lipinski definition) is 0. The minimum absolute atomic E-state index is 0.0454. The Hall–Kier alpha value is -3.08. The highest BCUT2D eigenvalue weighted by atomic mass is 16.6. The number of amides is 2. The number of fused-ring (bicyclic) bond motifs is 3. The van der Waals surface area contributed by atoms with E-state index in [0.29, 0.717) is 6.54 Å². The van der Waals surface area contributed by atoms with Crippen LogP contribution in [0.3, 0.4) is 0 Å². The third-order valence-corrected chi connectivity index (χ3v) is 3.89. The number of para-hydroxylation sites is 1. The summed E-state index contributed by atoms with van der Waals surface area (Å²) < 4.78 is 10.8. The lowest BCUT2D eigenvalue weighted by Crippen LogP contribution is -2.28. The second-order valence-electron chi connectivity index (χ2n) is 5.28. The number of nitrogens with zero attached hydrogens (tertiary/aromatic N) is 1. The smallest absolute Gasteiger partial charge is 0.422 e. The number of carbonyl (C=O) groups is 2. The molecule has 0 saturated carbocycles. The van der Waals surface area contributed by atoms with E-state index in [4.69, 9.17) is 9.15 Å². The predicted molar refractivity (Wildman–Crippen MR) is 85.6 cm³/mol. The van der Waals surface area contributed by atoms with Crippen LogP contribution in [-0.2, 0) is 9.53 Å². The fraction of sp³-hybridized carbons (Fsp3) is 0.111. The van der Waals surface area contributed by atoms with Crippen molar-refractivity contribution in [2.45, 2.75) is 6.92 Å². The molecule has 0 bridgehead atoms.